The van der Waals surface area contributed by atoms with Gasteiger partial charge in [-0.2, -0.15) is 0 Å². The molecule has 0 saturated carbocycles. The first kappa shape index (κ1) is 19.6. The fraction of sp³-hybridized carbons (Fsp3) is 0.263. The maximum Gasteiger partial charge on any atom is 0.338 e. The lowest BCUT2D eigenvalue weighted by Crippen LogP contribution is -2.20. The van der Waals surface area contributed by atoms with E-state index in [9.17, 15) is 14.4 Å². The number of fused-ring (bicyclic) bond motifs is 1. The van der Waals surface area contributed by atoms with Crippen molar-refractivity contribution in [1.29, 1.82) is 0 Å². The lowest BCUT2D eigenvalue weighted by molar-refractivity contribution is -0.119. The minimum Gasteiger partial charge on any atom is -0.484 e. The smallest absolute Gasteiger partial charge is 0.338 e. The number of aryl methyl sites for hydroxylation is 2. The van der Waals surface area contributed by atoms with Crippen molar-refractivity contribution in [2.75, 3.05) is 6.61 Å². The Balaban J connectivity index is 1.74. The summed E-state index contributed by atoms with van der Waals surface area (Å²) in [4.78, 5) is 44.2. The van der Waals surface area contributed by atoms with Crippen LogP contribution >= 0.6 is 11.3 Å². The zero-order valence-electron chi connectivity index (χ0n) is 15.6. The molecule has 8 nitrogen and oxygen atoms in total. The number of hydrogen-bond acceptors (Lipinski definition) is 7. The van der Waals surface area contributed by atoms with Gasteiger partial charge in [0, 0.05) is 4.88 Å². The number of benzene rings is 1. The predicted molar refractivity (Wildman–Crippen MR) is 105 cm³/mol. The minimum atomic E-state index is -0.738. The highest BCUT2D eigenvalue weighted by molar-refractivity contribution is 7.18. The van der Waals surface area contributed by atoms with Crippen molar-refractivity contribution in [3.05, 3.63) is 56.4 Å². The van der Waals surface area contributed by atoms with Gasteiger partial charge < -0.3 is 20.2 Å². The standard InChI is InChI=1S/C19H19N3O5S/c1-9-11(3)28-18-15(9)17(24)21-16(22-18)10(2)27-19(25)12-4-6-13(7-5-12)26-8-14(20)23/h4-7,10H,8H2,1-3H3,(H2,20,23)(H,21,22,24)/t10-/m1/s1. The van der Waals surface area contributed by atoms with Crippen LogP contribution in [0.3, 0.4) is 0 Å². The van der Waals surface area contributed by atoms with Crippen LogP contribution in [0.15, 0.2) is 29.1 Å². The van der Waals surface area contributed by atoms with E-state index in [-0.39, 0.29) is 18.0 Å². The lowest BCUT2D eigenvalue weighted by Gasteiger charge is -2.13. The third kappa shape index (κ3) is 4.04. The maximum atomic E-state index is 12.4. The first-order chi connectivity index (χ1) is 13.3. The molecule has 0 aliphatic carbocycles. The zero-order chi connectivity index (χ0) is 20.4. The molecule has 9 heteroatoms. The zero-order valence-corrected chi connectivity index (χ0v) is 16.4. The van der Waals surface area contributed by atoms with E-state index in [1.165, 1.54) is 35.6 Å². The monoisotopic (exact) mass is 401 g/mol. The van der Waals surface area contributed by atoms with Crippen LogP contribution in [-0.4, -0.2) is 28.5 Å². The summed E-state index contributed by atoms with van der Waals surface area (Å²) in [6, 6.07) is 6.09. The van der Waals surface area contributed by atoms with E-state index < -0.39 is 18.0 Å². The quantitative estimate of drug-likeness (QED) is 0.611. The van der Waals surface area contributed by atoms with Gasteiger partial charge in [0.1, 0.15) is 10.6 Å². The molecule has 0 unspecified atom stereocenters. The fourth-order valence-electron chi connectivity index (χ4n) is 2.59. The number of thiophene rings is 1. The molecular formula is C19H19N3O5S. The highest BCUT2D eigenvalue weighted by Crippen LogP contribution is 2.27. The van der Waals surface area contributed by atoms with E-state index in [4.69, 9.17) is 15.2 Å². The molecule has 2 heterocycles. The number of aromatic nitrogens is 2. The van der Waals surface area contributed by atoms with E-state index in [2.05, 4.69) is 9.97 Å². The van der Waals surface area contributed by atoms with Gasteiger partial charge in [-0.1, -0.05) is 0 Å². The molecule has 0 saturated heterocycles. The number of hydrogen-bond donors (Lipinski definition) is 2. The molecule has 2 aromatic heterocycles. The molecule has 0 radical (unpaired) electrons. The van der Waals surface area contributed by atoms with Crippen molar-refractivity contribution in [3.8, 4) is 5.75 Å². The van der Waals surface area contributed by atoms with Gasteiger partial charge in [0.05, 0.1) is 10.9 Å². The van der Waals surface area contributed by atoms with E-state index in [0.717, 1.165) is 10.4 Å². The second-order valence-electron chi connectivity index (χ2n) is 6.24. The van der Waals surface area contributed by atoms with Crippen molar-refractivity contribution < 1.29 is 19.1 Å². The SMILES string of the molecule is Cc1sc2nc([C@@H](C)OC(=O)c3ccc(OCC(N)=O)cc3)[nH]c(=O)c2c1C. The molecule has 0 spiro atoms. The van der Waals surface area contributed by atoms with Crippen molar-refractivity contribution in [2.24, 2.45) is 5.73 Å². The van der Waals surface area contributed by atoms with Gasteiger partial charge in [-0.25, -0.2) is 9.78 Å². The molecular weight excluding hydrogens is 382 g/mol. The van der Waals surface area contributed by atoms with Gasteiger partial charge >= 0.3 is 5.97 Å². The number of rotatable bonds is 6. The van der Waals surface area contributed by atoms with E-state index in [1.54, 1.807) is 6.92 Å². The van der Waals surface area contributed by atoms with Crippen LogP contribution < -0.4 is 16.0 Å². The summed E-state index contributed by atoms with van der Waals surface area (Å²) in [5.74, 6) is -0.473. The van der Waals surface area contributed by atoms with Crippen LogP contribution in [0.4, 0.5) is 0 Å². The summed E-state index contributed by atoms with van der Waals surface area (Å²) in [5, 5.41) is 0.566. The summed E-state index contributed by atoms with van der Waals surface area (Å²) in [6.07, 6.45) is -0.738. The largest absolute Gasteiger partial charge is 0.484 e. The number of aromatic amines is 1. The molecule has 3 aromatic rings. The number of nitrogens with one attached hydrogen (secondary N) is 1. The summed E-state index contributed by atoms with van der Waals surface area (Å²) < 4.78 is 10.6. The molecule has 28 heavy (non-hydrogen) atoms. The number of nitrogens with zero attached hydrogens (tertiary/aromatic N) is 1. The number of esters is 1. The number of H-pyrrole nitrogens is 1. The van der Waals surface area contributed by atoms with E-state index >= 15 is 0 Å². The number of carbonyl (C=O) groups excluding carboxylic acids is 2. The minimum absolute atomic E-state index is 0.246. The van der Waals surface area contributed by atoms with Crippen molar-refractivity contribution in [3.63, 3.8) is 0 Å². The topological polar surface area (TPSA) is 124 Å². The summed E-state index contributed by atoms with van der Waals surface area (Å²) in [5.41, 5.74) is 5.97. The van der Waals surface area contributed by atoms with Crippen LogP contribution in [0, 0.1) is 13.8 Å². The fourth-order valence-corrected chi connectivity index (χ4v) is 3.63. The molecule has 146 valence electrons. The number of amides is 1. The molecule has 0 fully saturated rings. The second-order valence-corrected chi connectivity index (χ2v) is 7.44. The van der Waals surface area contributed by atoms with Gasteiger partial charge in [0.25, 0.3) is 11.5 Å². The molecule has 3 N–H and O–H groups in total. The summed E-state index contributed by atoms with van der Waals surface area (Å²) >= 11 is 1.43. The normalized spacial score (nSPS) is 12.0. The Hall–Kier alpha value is -3.20. The highest BCUT2D eigenvalue weighted by atomic mass is 32.1. The Kier molecular flexibility index (Phi) is 5.46. The number of nitrogens with two attached hydrogens (primary N) is 1. The van der Waals surface area contributed by atoms with Crippen LogP contribution in [0.25, 0.3) is 10.2 Å². The van der Waals surface area contributed by atoms with Gasteiger partial charge in [0.2, 0.25) is 0 Å². The lowest BCUT2D eigenvalue weighted by atomic mass is 10.2. The van der Waals surface area contributed by atoms with Crippen LogP contribution in [0.1, 0.15) is 39.7 Å². The Morgan fingerprint density at radius 2 is 1.93 bits per heavy atom. The van der Waals surface area contributed by atoms with Crippen molar-refractivity contribution in [1.82, 2.24) is 9.97 Å². The first-order valence-electron chi connectivity index (χ1n) is 8.48. The Morgan fingerprint density at radius 1 is 1.25 bits per heavy atom. The van der Waals surface area contributed by atoms with Crippen molar-refractivity contribution >= 4 is 33.4 Å². The molecule has 1 aromatic carbocycles. The van der Waals surface area contributed by atoms with Gasteiger partial charge in [-0.05, 0) is 50.6 Å². The average Bonchev–Trinajstić information content (AvgIpc) is 2.94. The second kappa shape index (κ2) is 7.81. The molecule has 1 amide bonds. The Labute approximate surface area is 164 Å². The first-order valence-corrected chi connectivity index (χ1v) is 9.30. The third-order valence-corrected chi connectivity index (χ3v) is 5.30. The number of primary amides is 1. The van der Waals surface area contributed by atoms with Gasteiger partial charge in [-0.3, -0.25) is 9.59 Å². The molecule has 0 bridgehead atoms. The summed E-state index contributed by atoms with van der Waals surface area (Å²) in [7, 11) is 0. The number of carbonyl (C=O) groups is 2. The number of ether oxygens (including phenoxy) is 2. The Bertz CT molecular complexity index is 1100. The van der Waals surface area contributed by atoms with E-state index in [1.807, 2.05) is 13.8 Å². The highest BCUT2D eigenvalue weighted by Gasteiger charge is 2.19. The third-order valence-electron chi connectivity index (χ3n) is 4.20. The van der Waals surface area contributed by atoms with Crippen LogP contribution in [0.2, 0.25) is 0 Å². The van der Waals surface area contributed by atoms with Crippen LogP contribution in [0.5, 0.6) is 5.75 Å². The Morgan fingerprint density at radius 3 is 2.57 bits per heavy atom. The average molecular weight is 401 g/mol. The van der Waals surface area contributed by atoms with Crippen molar-refractivity contribution in [2.45, 2.75) is 26.9 Å². The molecule has 3 rings (SSSR count). The predicted octanol–water partition coefficient (Wildman–Crippen LogP) is 2.38. The molecule has 1 atom stereocenters. The van der Waals surface area contributed by atoms with E-state index in [0.29, 0.717) is 21.5 Å². The molecule has 0 aliphatic heterocycles. The maximum absolute atomic E-state index is 12.4. The van der Waals surface area contributed by atoms with Gasteiger partial charge in [-0.15, -0.1) is 11.3 Å². The summed E-state index contributed by atoms with van der Waals surface area (Å²) in [6.45, 7) is 5.20. The molecule has 0 aliphatic rings. The van der Waals surface area contributed by atoms with Crippen LogP contribution in [-0.2, 0) is 9.53 Å². The van der Waals surface area contributed by atoms with Gasteiger partial charge in [0.15, 0.2) is 18.5 Å².